The summed E-state index contributed by atoms with van der Waals surface area (Å²) in [6, 6.07) is 25.8. The summed E-state index contributed by atoms with van der Waals surface area (Å²) in [5.74, 6) is -0.776. The van der Waals surface area contributed by atoms with Crippen LogP contribution in [0.1, 0.15) is 44.6 Å². The lowest BCUT2D eigenvalue weighted by Gasteiger charge is -2.42. The van der Waals surface area contributed by atoms with Crippen LogP contribution in [0.15, 0.2) is 95.5 Å². The molecule has 1 aliphatic heterocycles. The predicted octanol–water partition coefficient (Wildman–Crippen LogP) is 7.02. The zero-order valence-electron chi connectivity index (χ0n) is 20.9. The lowest BCUT2D eigenvalue weighted by atomic mass is 9.79. The van der Waals surface area contributed by atoms with E-state index in [1.54, 1.807) is 36.3 Å². The van der Waals surface area contributed by atoms with Gasteiger partial charge in [0.05, 0.1) is 19.1 Å². The van der Waals surface area contributed by atoms with E-state index >= 15 is 0 Å². The molecule has 0 radical (unpaired) electrons. The standard InChI is InChI=1S/C31H26BrFN2O3/c1-19-17-22(32)11-16-27(19)34-30(36)28-25-5-3-4-6-26(25)31(37)35(18-20-7-12-23(33)13-8-20)29(28)21-9-14-24(38-2)15-10-21/h3-17,28-29H,18H2,1-2H3,(H,34,36)/t28-,29+/m1/s1. The molecular weight excluding hydrogens is 547 g/mol. The van der Waals surface area contributed by atoms with E-state index < -0.39 is 12.0 Å². The van der Waals surface area contributed by atoms with Gasteiger partial charge in [-0.3, -0.25) is 9.59 Å². The van der Waals surface area contributed by atoms with Crippen molar-refractivity contribution >= 4 is 33.4 Å². The number of methoxy groups -OCH3 is 1. The number of hydrogen-bond acceptors (Lipinski definition) is 3. The molecule has 0 fully saturated rings. The highest BCUT2D eigenvalue weighted by atomic mass is 79.9. The summed E-state index contributed by atoms with van der Waals surface area (Å²) in [6.07, 6.45) is 0. The molecule has 0 bridgehead atoms. The van der Waals surface area contributed by atoms with Crippen molar-refractivity contribution in [2.24, 2.45) is 0 Å². The Kier molecular flexibility index (Phi) is 7.29. The van der Waals surface area contributed by atoms with Crippen LogP contribution in [0.25, 0.3) is 0 Å². The largest absolute Gasteiger partial charge is 0.497 e. The van der Waals surface area contributed by atoms with Crippen LogP contribution in [0.4, 0.5) is 10.1 Å². The van der Waals surface area contributed by atoms with Crippen LogP contribution in [-0.4, -0.2) is 23.8 Å². The highest BCUT2D eigenvalue weighted by Crippen LogP contribution is 2.44. The van der Waals surface area contributed by atoms with Gasteiger partial charge in [0.1, 0.15) is 11.6 Å². The lowest BCUT2D eigenvalue weighted by Crippen LogP contribution is -2.45. The molecule has 0 aromatic heterocycles. The zero-order valence-corrected chi connectivity index (χ0v) is 22.5. The Morgan fingerprint density at radius 1 is 1.00 bits per heavy atom. The van der Waals surface area contributed by atoms with Crippen molar-refractivity contribution in [3.8, 4) is 5.75 Å². The van der Waals surface area contributed by atoms with Crippen molar-refractivity contribution in [3.05, 3.63) is 129 Å². The van der Waals surface area contributed by atoms with E-state index in [0.29, 0.717) is 22.6 Å². The molecule has 192 valence electrons. The summed E-state index contributed by atoms with van der Waals surface area (Å²) in [6.45, 7) is 2.14. The number of nitrogens with one attached hydrogen (secondary N) is 1. The first-order valence-electron chi connectivity index (χ1n) is 12.2. The number of hydrogen-bond donors (Lipinski definition) is 1. The van der Waals surface area contributed by atoms with Crippen LogP contribution in [0.5, 0.6) is 5.75 Å². The number of carbonyl (C=O) groups is 2. The van der Waals surface area contributed by atoms with E-state index in [9.17, 15) is 14.0 Å². The maximum absolute atomic E-state index is 14.1. The van der Waals surface area contributed by atoms with Crippen molar-refractivity contribution in [2.45, 2.75) is 25.4 Å². The summed E-state index contributed by atoms with van der Waals surface area (Å²) in [7, 11) is 1.59. The van der Waals surface area contributed by atoms with Crippen molar-refractivity contribution in [3.63, 3.8) is 0 Å². The first kappa shape index (κ1) is 25.7. The Hall–Kier alpha value is -3.97. The van der Waals surface area contributed by atoms with Gasteiger partial charge in [0, 0.05) is 22.3 Å². The molecule has 1 heterocycles. The maximum Gasteiger partial charge on any atom is 0.255 e. The van der Waals surface area contributed by atoms with Crippen molar-refractivity contribution in [2.75, 3.05) is 12.4 Å². The van der Waals surface area contributed by atoms with Gasteiger partial charge in [-0.05, 0) is 77.7 Å². The van der Waals surface area contributed by atoms with Crippen LogP contribution in [0.3, 0.4) is 0 Å². The minimum Gasteiger partial charge on any atom is -0.497 e. The normalized spacial score (nSPS) is 16.6. The number of halogens is 2. The summed E-state index contributed by atoms with van der Waals surface area (Å²) in [5.41, 5.74) is 4.32. The van der Waals surface area contributed by atoms with Gasteiger partial charge in [0.25, 0.3) is 5.91 Å². The Balaban J connectivity index is 1.64. The Morgan fingerprint density at radius 3 is 2.39 bits per heavy atom. The number of fused-ring (bicyclic) bond motifs is 1. The molecule has 5 nitrogen and oxygen atoms in total. The number of ether oxygens (including phenoxy) is 1. The fraction of sp³-hybridized carbons (Fsp3) is 0.161. The summed E-state index contributed by atoms with van der Waals surface area (Å²) < 4.78 is 19.9. The molecule has 5 rings (SSSR count). The highest BCUT2D eigenvalue weighted by Gasteiger charge is 2.44. The molecule has 1 aliphatic rings. The average Bonchev–Trinajstić information content (AvgIpc) is 2.93. The fourth-order valence-corrected chi connectivity index (χ4v) is 5.46. The van der Waals surface area contributed by atoms with Gasteiger partial charge in [0.15, 0.2) is 0 Å². The van der Waals surface area contributed by atoms with Gasteiger partial charge in [-0.1, -0.05) is 58.4 Å². The van der Waals surface area contributed by atoms with Gasteiger partial charge < -0.3 is 15.0 Å². The van der Waals surface area contributed by atoms with E-state index in [1.165, 1.54) is 12.1 Å². The van der Waals surface area contributed by atoms with E-state index in [2.05, 4.69) is 21.2 Å². The second-order valence-corrected chi connectivity index (χ2v) is 10.2. The van der Waals surface area contributed by atoms with Crippen LogP contribution >= 0.6 is 15.9 Å². The van der Waals surface area contributed by atoms with Crippen LogP contribution in [0.2, 0.25) is 0 Å². The Morgan fingerprint density at radius 2 is 1.71 bits per heavy atom. The minimum absolute atomic E-state index is 0.186. The number of aryl methyl sites for hydroxylation is 1. The van der Waals surface area contributed by atoms with Crippen molar-refractivity contribution < 1.29 is 18.7 Å². The third kappa shape index (κ3) is 5.07. The number of rotatable bonds is 6. The molecule has 0 saturated heterocycles. The second kappa shape index (κ2) is 10.8. The van der Waals surface area contributed by atoms with Gasteiger partial charge in [0.2, 0.25) is 5.91 Å². The third-order valence-corrected chi connectivity index (χ3v) is 7.38. The molecule has 0 saturated carbocycles. The average molecular weight is 573 g/mol. The van der Waals surface area contributed by atoms with Gasteiger partial charge in [-0.25, -0.2) is 4.39 Å². The van der Waals surface area contributed by atoms with E-state index in [4.69, 9.17) is 4.74 Å². The number of benzene rings is 4. The minimum atomic E-state index is -0.694. The van der Waals surface area contributed by atoms with E-state index in [1.807, 2.05) is 61.5 Å². The third-order valence-electron chi connectivity index (χ3n) is 6.89. The Labute approximate surface area is 229 Å². The lowest BCUT2D eigenvalue weighted by molar-refractivity contribution is -0.119. The van der Waals surface area contributed by atoms with Crippen LogP contribution in [0, 0.1) is 12.7 Å². The van der Waals surface area contributed by atoms with Crippen molar-refractivity contribution in [1.29, 1.82) is 0 Å². The number of carbonyl (C=O) groups excluding carboxylic acids is 2. The molecule has 0 unspecified atom stereocenters. The topological polar surface area (TPSA) is 58.6 Å². The number of anilines is 1. The molecular formula is C31H26BrFN2O3. The summed E-state index contributed by atoms with van der Waals surface area (Å²) >= 11 is 3.47. The maximum atomic E-state index is 14.1. The monoisotopic (exact) mass is 572 g/mol. The molecule has 38 heavy (non-hydrogen) atoms. The molecule has 0 aliphatic carbocycles. The molecule has 4 aromatic carbocycles. The SMILES string of the molecule is COc1ccc([C@H]2[C@H](C(=O)Nc3ccc(Br)cc3C)c3ccccc3C(=O)N2Cc2ccc(F)cc2)cc1. The van der Waals surface area contributed by atoms with Crippen LogP contribution < -0.4 is 10.1 Å². The first-order chi connectivity index (χ1) is 18.4. The molecule has 1 N–H and O–H groups in total. The summed E-state index contributed by atoms with van der Waals surface area (Å²) in [5, 5.41) is 3.11. The molecule has 0 spiro atoms. The highest BCUT2D eigenvalue weighted by molar-refractivity contribution is 9.10. The van der Waals surface area contributed by atoms with Crippen molar-refractivity contribution in [1.82, 2.24) is 4.90 Å². The molecule has 2 atom stereocenters. The summed E-state index contributed by atoms with van der Waals surface area (Å²) in [4.78, 5) is 29.7. The molecule has 4 aromatic rings. The van der Waals surface area contributed by atoms with Gasteiger partial charge >= 0.3 is 0 Å². The fourth-order valence-electron chi connectivity index (χ4n) is 4.99. The second-order valence-electron chi connectivity index (χ2n) is 9.29. The van der Waals surface area contributed by atoms with Crippen LogP contribution in [-0.2, 0) is 11.3 Å². The predicted molar refractivity (Wildman–Crippen MR) is 149 cm³/mol. The van der Waals surface area contributed by atoms with Gasteiger partial charge in [-0.2, -0.15) is 0 Å². The quantitative estimate of drug-likeness (QED) is 0.270. The Bertz CT molecular complexity index is 1490. The molecule has 7 heteroatoms. The first-order valence-corrected chi connectivity index (χ1v) is 13.0. The molecule has 2 amide bonds. The number of nitrogens with zero attached hydrogens (tertiary/aromatic N) is 1. The van der Waals surface area contributed by atoms with E-state index in [0.717, 1.165) is 21.2 Å². The smallest absolute Gasteiger partial charge is 0.255 e. The van der Waals surface area contributed by atoms with Gasteiger partial charge in [-0.15, -0.1) is 0 Å². The van der Waals surface area contributed by atoms with E-state index in [-0.39, 0.29) is 24.2 Å². The zero-order chi connectivity index (χ0) is 26.8. The number of amides is 2.